The zero-order valence-corrected chi connectivity index (χ0v) is 8.53. The molecule has 1 saturated carbocycles. The molecule has 3 heteroatoms. The highest BCUT2D eigenvalue weighted by atomic mass is 16.5. The molecule has 15 heavy (non-hydrogen) atoms. The average Bonchev–Trinajstić information content (AvgIpc) is 2.64. The van der Waals surface area contributed by atoms with Crippen LogP contribution in [0.3, 0.4) is 0 Å². The summed E-state index contributed by atoms with van der Waals surface area (Å²) in [6.45, 7) is 0.488. The van der Waals surface area contributed by atoms with Crippen LogP contribution in [0.25, 0.3) is 0 Å². The fraction of sp³-hybridized carbons (Fsp3) is 0.500. The standard InChI is InChI=1S/C12H13NO2/c14-11-5-1-2-6-12(11)9-4-3-7-13-10(9)8-15-12/h3-4,7H,1-2,5-6,8H2. The normalized spacial score (nSPS) is 29.5. The van der Waals surface area contributed by atoms with Gasteiger partial charge in [0.05, 0.1) is 12.3 Å². The van der Waals surface area contributed by atoms with E-state index in [1.165, 1.54) is 0 Å². The number of pyridine rings is 1. The highest BCUT2D eigenvalue weighted by Crippen LogP contribution is 2.43. The average molecular weight is 203 g/mol. The predicted molar refractivity (Wildman–Crippen MR) is 54.2 cm³/mol. The Labute approximate surface area is 88.5 Å². The molecule has 0 N–H and O–H groups in total. The number of carbonyl (C=O) groups excluding carboxylic acids is 1. The van der Waals surface area contributed by atoms with E-state index in [-0.39, 0.29) is 5.78 Å². The second-order valence-electron chi connectivity index (χ2n) is 4.24. The van der Waals surface area contributed by atoms with Crippen molar-refractivity contribution in [1.29, 1.82) is 0 Å². The number of ether oxygens (including phenoxy) is 1. The topological polar surface area (TPSA) is 39.2 Å². The van der Waals surface area contributed by atoms with Crippen molar-refractivity contribution in [1.82, 2.24) is 4.98 Å². The van der Waals surface area contributed by atoms with Gasteiger partial charge in [0.1, 0.15) is 0 Å². The lowest BCUT2D eigenvalue weighted by molar-refractivity contribution is -0.149. The number of rotatable bonds is 0. The number of fused-ring (bicyclic) bond motifs is 2. The van der Waals surface area contributed by atoms with E-state index in [1.807, 2.05) is 12.1 Å². The zero-order chi connectivity index (χ0) is 10.3. The van der Waals surface area contributed by atoms with Crippen molar-refractivity contribution < 1.29 is 9.53 Å². The Morgan fingerprint density at radius 1 is 1.40 bits per heavy atom. The second-order valence-corrected chi connectivity index (χ2v) is 4.24. The van der Waals surface area contributed by atoms with Gasteiger partial charge in [0, 0.05) is 18.2 Å². The largest absolute Gasteiger partial charge is 0.356 e. The molecular weight excluding hydrogens is 190 g/mol. The summed E-state index contributed by atoms with van der Waals surface area (Å²) in [6.07, 6.45) is 5.30. The Morgan fingerprint density at radius 2 is 2.33 bits per heavy atom. The third kappa shape index (κ3) is 1.16. The van der Waals surface area contributed by atoms with Crippen molar-refractivity contribution in [3.63, 3.8) is 0 Å². The van der Waals surface area contributed by atoms with Gasteiger partial charge in [-0.2, -0.15) is 0 Å². The summed E-state index contributed by atoms with van der Waals surface area (Å²) in [4.78, 5) is 16.3. The fourth-order valence-electron chi connectivity index (χ4n) is 2.63. The number of nitrogens with zero attached hydrogens (tertiary/aromatic N) is 1. The third-order valence-electron chi connectivity index (χ3n) is 3.41. The Morgan fingerprint density at radius 3 is 3.20 bits per heavy atom. The summed E-state index contributed by atoms with van der Waals surface area (Å²) in [5.41, 5.74) is 1.31. The zero-order valence-electron chi connectivity index (χ0n) is 8.53. The lowest BCUT2D eigenvalue weighted by atomic mass is 9.79. The molecule has 3 nitrogen and oxygen atoms in total. The molecule has 1 fully saturated rings. The van der Waals surface area contributed by atoms with Crippen LogP contribution in [0.15, 0.2) is 18.3 Å². The number of Topliss-reactive ketones (excluding diaryl/α,β-unsaturated/α-hetero) is 1. The van der Waals surface area contributed by atoms with Crippen molar-refractivity contribution in [2.45, 2.75) is 37.9 Å². The summed E-state index contributed by atoms with van der Waals surface area (Å²) in [5, 5.41) is 0. The molecule has 1 aromatic rings. The number of ketones is 1. The molecule has 0 radical (unpaired) electrons. The molecule has 1 atom stereocenters. The van der Waals surface area contributed by atoms with E-state index in [1.54, 1.807) is 6.20 Å². The van der Waals surface area contributed by atoms with Gasteiger partial charge in [-0.05, 0) is 25.3 Å². The summed E-state index contributed by atoms with van der Waals surface area (Å²) < 4.78 is 5.75. The molecule has 0 amide bonds. The smallest absolute Gasteiger partial charge is 0.169 e. The van der Waals surface area contributed by atoms with Gasteiger partial charge >= 0.3 is 0 Å². The number of carbonyl (C=O) groups is 1. The number of hydrogen-bond acceptors (Lipinski definition) is 3. The third-order valence-corrected chi connectivity index (χ3v) is 3.41. The van der Waals surface area contributed by atoms with Gasteiger partial charge in [-0.3, -0.25) is 9.78 Å². The molecular formula is C12H13NO2. The quantitative estimate of drug-likeness (QED) is 0.647. The fourth-order valence-corrected chi connectivity index (χ4v) is 2.63. The van der Waals surface area contributed by atoms with Crippen molar-refractivity contribution in [3.8, 4) is 0 Å². The maximum atomic E-state index is 12.0. The van der Waals surface area contributed by atoms with E-state index in [2.05, 4.69) is 4.98 Å². The molecule has 1 unspecified atom stereocenters. The van der Waals surface area contributed by atoms with E-state index in [0.29, 0.717) is 13.0 Å². The van der Waals surface area contributed by atoms with E-state index in [0.717, 1.165) is 30.5 Å². The first-order chi connectivity index (χ1) is 7.33. The van der Waals surface area contributed by atoms with Crippen molar-refractivity contribution >= 4 is 5.78 Å². The predicted octanol–water partition coefficient (Wildman–Crippen LogP) is 1.95. The van der Waals surface area contributed by atoms with Crippen LogP contribution in [0.5, 0.6) is 0 Å². The van der Waals surface area contributed by atoms with E-state index in [9.17, 15) is 4.79 Å². The molecule has 0 aromatic carbocycles. The minimum atomic E-state index is -0.637. The van der Waals surface area contributed by atoms with Crippen molar-refractivity contribution in [2.75, 3.05) is 0 Å². The summed E-state index contributed by atoms with van der Waals surface area (Å²) >= 11 is 0. The number of hydrogen-bond donors (Lipinski definition) is 0. The van der Waals surface area contributed by atoms with Crippen LogP contribution < -0.4 is 0 Å². The van der Waals surface area contributed by atoms with Gasteiger partial charge in [0.2, 0.25) is 0 Å². The Balaban J connectivity index is 2.11. The van der Waals surface area contributed by atoms with Crippen LogP contribution in [0.4, 0.5) is 0 Å². The molecule has 0 saturated heterocycles. The van der Waals surface area contributed by atoms with Gasteiger partial charge in [-0.1, -0.05) is 6.07 Å². The maximum Gasteiger partial charge on any atom is 0.169 e. The van der Waals surface area contributed by atoms with Crippen LogP contribution in [0.1, 0.15) is 36.9 Å². The van der Waals surface area contributed by atoms with E-state index in [4.69, 9.17) is 4.74 Å². The van der Waals surface area contributed by atoms with Crippen LogP contribution >= 0.6 is 0 Å². The maximum absolute atomic E-state index is 12.0. The van der Waals surface area contributed by atoms with Crippen LogP contribution in [-0.4, -0.2) is 10.8 Å². The monoisotopic (exact) mass is 203 g/mol. The van der Waals surface area contributed by atoms with Gasteiger partial charge in [-0.25, -0.2) is 0 Å². The molecule has 0 bridgehead atoms. The summed E-state index contributed by atoms with van der Waals surface area (Å²) in [7, 11) is 0. The van der Waals surface area contributed by atoms with Gasteiger partial charge in [0.25, 0.3) is 0 Å². The molecule has 1 spiro atoms. The molecule has 1 aliphatic carbocycles. The van der Waals surface area contributed by atoms with Gasteiger partial charge in [0.15, 0.2) is 11.4 Å². The van der Waals surface area contributed by atoms with Crippen molar-refractivity contribution in [3.05, 3.63) is 29.6 Å². The van der Waals surface area contributed by atoms with Gasteiger partial charge in [-0.15, -0.1) is 0 Å². The summed E-state index contributed by atoms with van der Waals surface area (Å²) in [6, 6.07) is 3.87. The minimum absolute atomic E-state index is 0.237. The Kier molecular flexibility index (Phi) is 1.89. The highest BCUT2D eigenvalue weighted by molar-refractivity contribution is 5.90. The molecule has 3 rings (SSSR count). The molecule has 2 heterocycles. The Hall–Kier alpha value is -1.22. The Bertz CT molecular complexity index is 412. The highest BCUT2D eigenvalue weighted by Gasteiger charge is 2.47. The minimum Gasteiger partial charge on any atom is -0.356 e. The molecule has 1 aliphatic heterocycles. The first kappa shape index (κ1) is 9.04. The van der Waals surface area contributed by atoms with Crippen LogP contribution in [0.2, 0.25) is 0 Å². The lowest BCUT2D eigenvalue weighted by Crippen LogP contribution is -2.38. The molecule has 78 valence electrons. The van der Waals surface area contributed by atoms with Crippen LogP contribution in [0, 0.1) is 0 Å². The van der Waals surface area contributed by atoms with Crippen LogP contribution in [-0.2, 0) is 21.7 Å². The second kappa shape index (κ2) is 3.14. The van der Waals surface area contributed by atoms with Gasteiger partial charge < -0.3 is 4.74 Å². The van der Waals surface area contributed by atoms with E-state index < -0.39 is 5.60 Å². The van der Waals surface area contributed by atoms with E-state index >= 15 is 0 Å². The molecule has 1 aromatic heterocycles. The first-order valence-electron chi connectivity index (χ1n) is 5.44. The lowest BCUT2D eigenvalue weighted by Gasteiger charge is -2.31. The van der Waals surface area contributed by atoms with Crippen molar-refractivity contribution in [2.24, 2.45) is 0 Å². The first-order valence-corrected chi connectivity index (χ1v) is 5.44. The summed E-state index contributed by atoms with van der Waals surface area (Å²) in [5.74, 6) is 0.237. The SMILES string of the molecule is O=C1CCCCC12OCc1ncccc12. The number of aromatic nitrogens is 1. The molecule has 2 aliphatic rings.